The van der Waals surface area contributed by atoms with Gasteiger partial charge < -0.3 is 11.1 Å². The molecule has 0 aromatic heterocycles. The van der Waals surface area contributed by atoms with Crippen molar-refractivity contribution in [2.45, 2.75) is 26.0 Å². The first-order valence-corrected chi connectivity index (χ1v) is 6.40. The standard InChI is InChI=1S/C10H21N3O2S/c1-7(2)5-12-10(15)13-9(14)6-16-8(3)4-11/h7-8H,4-6,11H2,1-3H3,(H2,12,13,14,15). The van der Waals surface area contributed by atoms with Gasteiger partial charge in [-0.25, -0.2) is 4.79 Å². The van der Waals surface area contributed by atoms with E-state index in [2.05, 4.69) is 10.6 Å². The number of nitrogens with two attached hydrogens (primary N) is 1. The van der Waals surface area contributed by atoms with Crippen LogP contribution in [0.4, 0.5) is 4.79 Å². The molecule has 0 heterocycles. The third kappa shape index (κ3) is 8.55. The van der Waals surface area contributed by atoms with Crippen molar-refractivity contribution >= 4 is 23.7 Å². The van der Waals surface area contributed by atoms with E-state index in [-0.39, 0.29) is 16.9 Å². The highest BCUT2D eigenvalue weighted by atomic mass is 32.2. The van der Waals surface area contributed by atoms with E-state index in [4.69, 9.17) is 5.73 Å². The number of urea groups is 1. The van der Waals surface area contributed by atoms with Crippen LogP contribution in [-0.2, 0) is 4.79 Å². The molecule has 0 rings (SSSR count). The molecule has 1 atom stereocenters. The van der Waals surface area contributed by atoms with Crippen LogP contribution in [0.2, 0.25) is 0 Å². The summed E-state index contributed by atoms with van der Waals surface area (Å²) < 4.78 is 0. The van der Waals surface area contributed by atoms with Crippen LogP contribution in [0.25, 0.3) is 0 Å². The summed E-state index contributed by atoms with van der Waals surface area (Å²) in [6, 6.07) is -0.431. The van der Waals surface area contributed by atoms with Crippen LogP contribution >= 0.6 is 11.8 Å². The maximum Gasteiger partial charge on any atom is 0.321 e. The zero-order valence-electron chi connectivity index (χ0n) is 10.1. The number of imide groups is 1. The Hall–Kier alpha value is -0.750. The van der Waals surface area contributed by atoms with Gasteiger partial charge in [0.2, 0.25) is 5.91 Å². The van der Waals surface area contributed by atoms with E-state index in [1.807, 2.05) is 20.8 Å². The number of amides is 3. The zero-order chi connectivity index (χ0) is 12.6. The monoisotopic (exact) mass is 247 g/mol. The van der Waals surface area contributed by atoms with Crippen LogP contribution in [0.5, 0.6) is 0 Å². The second kappa shape index (κ2) is 8.41. The van der Waals surface area contributed by atoms with Crippen molar-refractivity contribution in [1.29, 1.82) is 0 Å². The summed E-state index contributed by atoms with van der Waals surface area (Å²) in [5, 5.41) is 5.10. The molecule has 0 saturated carbocycles. The molecule has 6 heteroatoms. The third-order valence-corrected chi connectivity index (χ3v) is 2.95. The lowest BCUT2D eigenvalue weighted by Gasteiger charge is -2.10. The van der Waals surface area contributed by atoms with Gasteiger partial charge in [-0.05, 0) is 5.92 Å². The summed E-state index contributed by atoms with van der Waals surface area (Å²) in [6.07, 6.45) is 0. The Labute approximate surface area is 101 Å². The maximum absolute atomic E-state index is 11.3. The lowest BCUT2D eigenvalue weighted by Crippen LogP contribution is -2.41. The average Bonchev–Trinajstić information content (AvgIpc) is 2.23. The van der Waals surface area contributed by atoms with Crippen molar-refractivity contribution in [3.05, 3.63) is 0 Å². The SMILES string of the molecule is CC(C)CNC(=O)NC(=O)CSC(C)CN. The van der Waals surface area contributed by atoms with Gasteiger partial charge in [-0.15, -0.1) is 11.8 Å². The molecule has 3 amide bonds. The number of hydrogen-bond donors (Lipinski definition) is 3. The predicted molar refractivity (Wildman–Crippen MR) is 67.4 cm³/mol. The average molecular weight is 247 g/mol. The fourth-order valence-electron chi connectivity index (χ4n) is 0.790. The molecule has 0 aromatic rings. The molecular weight excluding hydrogens is 226 g/mol. The first-order chi connectivity index (χ1) is 7.45. The molecule has 0 saturated heterocycles. The van der Waals surface area contributed by atoms with Gasteiger partial charge in [-0.1, -0.05) is 20.8 Å². The van der Waals surface area contributed by atoms with Gasteiger partial charge in [0.15, 0.2) is 0 Å². The zero-order valence-corrected chi connectivity index (χ0v) is 10.9. The van der Waals surface area contributed by atoms with Crippen molar-refractivity contribution < 1.29 is 9.59 Å². The van der Waals surface area contributed by atoms with Crippen LogP contribution in [0, 0.1) is 5.92 Å². The second-order valence-corrected chi connectivity index (χ2v) is 5.44. The molecule has 0 aromatic carbocycles. The third-order valence-electron chi connectivity index (χ3n) is 1.75. The maximum atomic E-state index is 11.3. The Morgan fingerprint density at radius 1 is 1.31 bits per heavy atom. The Morgan fingerprint density at radius 3 is 2.44 bits per heavy atom. The highest BCUT2D eigenvalue weighted by Gasteiger charge is 2.09. The minimum atomic E-state index is -0.431. The fourth-order valence-corrected chi connectivity index (χ4v) is 1.43. The molecular formula is C10H21N3O2S. The van der Waals surface area contributed by atoms with Crippen molar-refractivity contribution in [3.63, 3.8) is 0 Å². The normalized spacial score (nSPS) is 12.3. The summed E-state index contributed by atoms with van der Waals surface area (Å²) in [6.45, 7) is 7.00. The van der Waals surface area contributed by atoms with Crippen LogP contribution in [-0.4, -0.2) is 36.0 Å². The van der Waals surface area contributed by atoms with Crippen molar-refractivity contribution in [1.82, 2.24) is 10.6 Å². The number of hydrogen-bond acceptors (Lipinski definition) is 4. The van der Waals surface area contributed by atoms with E-state index in [0.717, 1.165) is 0 Å². The molecule has 0 radical (unpaired) electrons. The van der Waals surface area contributed by atoms with E-state index in [1.54, 1.807) is 0 Å². The smallest absolute Gasteiger partial charge is 0.321 e. The Morgan fingerprint density at radius 2 is 1.94 bits per heavy atom. The number of carbonyl (C=O) groups is 2. The molecule has 0 aliphatic heterocycles. The van der Waals surface area contributed by atoms with E-state index < -0.39 is 6.03 Å². The molecule has 1 unspecified atom stereocenters. The quantitative estimate of drug-likeness (QED) is 0.640. The predicted octanol–water partition coefficient (Wildman–Crippen LogP) is 0.549. The highest BCUT2D eigenvalue weighted by Crippen LogP contribution is 2.07. The Bertz CT molecular complexity index is 234. The molecule has 4 N–H and O–H groups in total. The van der Waals surface area contributed by atoms with E-state index >= 15 is 0 Å². The van der Waals surface area contributed by atoms with Crippen LogP contribution < -0.4 is 16.4 Å². The number of carbonyl (C=O) groups excluding carboxylic acids is 2. The van der Waals surface area contributed by atoms with E-state index in [9.17, 15) is 9.59 Å². The van der Waals surface area contributed by atoms with Gasteiger partial charge in [0.05, 0.1) is 5.75 Å². The van der Waals surface area contributed by atoms with Gasteiger partial charge in [-0.2, -0.15) is 0 Å². The van der Waals surface area contributed by atoms with Gasteiger partial charge in [0, 0.05) is 18.3 Å². The summed E-state index contributed by atoms with van der Waals surface area (Å²) in [5.41, 5.74) is 5.41. The van der Waals surface area contributed by atoms with Crippen molar-refractivity contribution in [3.8, 4) is 0 Å². The van der Waals surface area contributed by atoms with Crippen LogP contribution in [0.3, 0.4) is 0 Å². The van der Waals surface area contributed by atoms with Crippen molar-refractivity contribution in [2.75, 3.05) is 18.8 Å². The molecule has 0 spiro atoms. The minimum Gasteiger partial charge on any atom is -0.338 e. The van der Waals surface area contributed by atoms with E-state index in [0.29, 0.717) is 19.0 Å². The molecule has 0 aliphatic rings. The largest absolute Gasteiger partial charge is 0.338 e. The highest BCUT2D eigenvalue weighted by molar-refractivity contribution is 8.00. The Balaban J connectivity index is 3.66. The molecule has 0 fully saturated rings. The summed E-state index contributed by atoms with van der Waals surface area (Å²) in [7, 11) is 0. The minimum absolute atomic E-state index is 0.226. The van der Waals surface area contributed by atoms with Crippen LogP contribution in [0.15, 0.2) is 0 Å². The molecule has 94 valence electrons. The lowest BCUT2D eigenvalue weighted by molar-refractivity contribution is -0.117. The number of rotatable bonds is 6. The van der Waals surface area contributed by atoms with E-state index in [1.165, 1.54) is 11.8 Å². The van der Waals surface area contributed by atoms with Gasteiger partial charge >= 0.3 is 6.03 Å². The summed E-state index contributed by atoms with van der Waals surface area (Å²) in [5.74, 6) is 0.340. The van der Waals surface area contributed by atoms with Gasteiger partial charge in [-0.3, -0.25) is 10.1 Å². The van der Waals surface area contributed by atoms with Crippen molar-refractivity contribution in [2.24, 2.45) is 11.7 Å². The summed E-state index contributed by atoms with van der Waals surface area (Å²) in [4.78, 5) is 22.5. The topological polar surface area (TPSA) is 84.2 Å². The molecule has 0 bridgehead atoms. The number of nitrogens with one attached hydrogen (secondary N) is 2. The second-order valence-electron chi connectivity index (χ2n) is 4.01. The first kappa shape index (κ1) is 15.2. The van der Waals surface area contributed by atoms with Gasteiger partial charge in [0.25, 0.3) is 0 Å². The number of thioether (sulfide) groups is 1. The molecule has 0 aliphatic carbocycles. The molecule has 16 heavy (non-hydrogen) atoms. The van der Waals surface area contributed by atoms with Gasteiger partial charge in [0.1, 0.15) is 0 Å². The summed E-state index contributed by atoms with van der Waals surface area (Å²) >= 11 is 1.43. The lowest BCUT2D eigenvalue weighted by atomic mass is 10.2. The Kier molecular flexibility index (Phi) is 8.01. The fraction of sp³-hybridized carbons (Fsp3) is 0.800. The van der Waals surface area contributed by atoms with Crippen LogP contribution in [0.1, 0.15) is 20.8 Å². The molecule has 5 nitrogen and oxygen atoms in total. The first-order valence-electron chi connectivity index (χ1n) is 5.35.